The maximum absolute atomic E-state index is 3.68. The van der Waals surface area contributed by atoms with Gasteiger partial charge in [-0.2, -0.15) is 23.5 Å². The third kappa shape index (κ3) is 4.07. The fourth-order valence-electron chi connectivity index (χ4n) is 4.02. The van der Waals surface area contributed by atoms with Gasteiger partial charge in [-0.15, -0.1) is 0 Å². The van der Waals surface area contributed by atoms with E-state index in [4.69, 9.17) is 0 Å². The van der Waals surface area contributed by atoms with Gasteiger partial charge in [-0.3, -0.25) is 0 Å². The van der Waals surface area contributed by atoms with Gasteiger partial charge in [0.05, 0.1) is 0 Å². The Bertz CT molecular complexity index is 274. The molecule has 0 aromatic rings. The smallest absolute Gasteiger partial charge is 0.0297 e. The average molecular weight is 302 g/mol. The number of nitrogens with one attached hydrogen (secondary N) is 1. The van der Waals surface area contributed by atoms with Gasteiger partial charge < -0.3 is 5.32 Å². The number of rotatable bonds is 3. The van der Waals surface area contributed by atoms with Crippen LogP contribution in [0.25, 0.3) is 0 Å². The van der Waals surface area contributed by atoms with Crippen molar-refractivity contribution < 1.29 is 0 Å². The Balaban J connectivity index is 1.99. The zero-order valence-corrected chi connectivity index (χ0v) is 14.8. The summed E-state index contributed by atoms with van der Waals surface area (Å²) in [6.45, 7) is 9.69. The van der Waals surface area contributed by atoms with Crippen molar-refractivity contribution >= 4 is 23.5 Å². The van der Waals surface area contributed by atoms with Crippen molar-refractivity contribution in [3.63, 3.8) is 0 Å². The largest absolute Gasteiger partial charge is 0.316 e. The second-order valence-electron chi connectivity index (χ2n) is 6.91. The monoisotopic (exact) mass is 301 g/mol. The molecule has 6 atom stereocenters. The maximum Gasteiger partial charge on any atom is 0.0297 e. The zero-order chi connectivity index (χ0) is 14.0. The minimum atomic E-state index is 0.720. The molecule has 0 aromatic carbocycles. The molecular weight excluding hydrogens is 270 g/mol. The highest BCUT2D eigenvalue weighted by atomic mass is 32.2. The zero-order valence-electron chi connectivity index (χ0n) is 13.2. The summed E-state index contributed by atoms with van der Waals surface area (Å²) in [5, 5.41) is 6.12. The number of thioether (sulfide) groups is 2. The summed E-state index contributed by atoms with van der Waals surface area (Å²) in [7, 11) is 2.18. The molecule has 0 radical (unpaired) electrons. The van der Waals surface area contributed by atoms with Crippen molar-refractivity contribution in [3.8, 4) is 0 Å². The van der Waals surface area contributed by atoms with Crippen molar-refractivity contribution in [2.24, 2.45) is 17.8 Å². The van der Waals surface area contributed by atoms with Crippen molar-refractivity contribution in [2.75, 3.05) is 12.8 Å². The van der Waals surface area contributed by atoms with E-state index >= 15 is 0 Å². The topological polar surface area (TPSA) is 12.0 Å². The maximum atomic E-state index is 3.68. The first-order valence-electron chi connectivity index (χ1n) is 7.95. The SMILES string of the molecule is CNC(C1CC(C)CC(C)C1)C1CSC(C)C(C)S1. The first kappa shape index (κ1) is 16.0. The molecule has 0 aromatic heterocycles. The van der Waals surface area contributed by atoms with Gasteiger partial charge in [-0.1, -0.05) is 27.7 Å². The minimum Gasteiger partial charge on any atom is -0.316 e. The van der Waals surface area contributed by atoms with Gasteiger partial charge in [0.2, 0.25) is 0 Å². The molecule has 1 nitrogen and oxygen atoms in total. The molecule has 2 fully saturated rings. The fraction of sp³-hybridized carbons (Fsp3) is 1.00. The van der Waals surface area contributed by atoms with Crippen LogP contribution in [0.2, 0.25) is 0 Å². The van der Waals surface area contributed by atoms with Crippen LogP contribution in [0.4, 0.5) is 0 Å². The summed E-state index contributed by atoms with van der Waals surface area (Å²) in [4.78, 5) is 0. The lowest BCUT2D eigenvalue weighted by molar-refractivity contribution is 0.180. The van der Waals surface area contributed by atoms with Gasteiger partial charge in [-0.05, 0) is 44.1 Å². The Hall–Kier alpha value is 0.660. The summed E-state index contributed by atoms with van der Waals surface area (Å²) in [6, 6.07) is 0.720. The second-order valence-corrected chi connectivity index (χ2v) is 9.94. The van der Waals surface area contributed by atoms with Crippen LogP contribution in [0.15, 0.2) is 0 Å². The highest BCUT2D eigenvalue weighted by Gasteiger charge is 2.37. The van der Waals surface area contributed by atoms with Crippen molar-refractivity contribution in [1.82, 2.24) is 5.32 Å². The Morgan fingerprint density at radius 2 is 1.58 bits per heavy atom. The van der Waals surface area contributed by atoms with E-state index in [1.165, 1.54) is 25.0 Å². The number of hydrogen-bond donors (Lipinski definition) is 1. The van der Waals surface area contributed by atoms with Crippen LogP contribution in [0.3, 0.4) is 0 Å². The normalized spacial score (nSPS) is 45.9. The molecule has 0 bridgehead atoms. The van der Waals surface area contributed by atoms with Crippen LogP contribution in [-0.4, -0.2) is 34.6 Å². The van der Waals surface area contributed by atoms with Crippen LogP contribution in [-0.2, 0) is 0 Å². The van der Waals surface area contributed by atoms with E-state index in [1.807, 2.05) is 0 Å². The second kappa shape index (κ2) is 7.09. The molecule has 0 amide bonds. The quantitative estimate of drug-likeness (QED) is 0.836. The Morgan fingerprint density at radius 1 is 0.947 bits per heavy atom. The minimum absolute atomic E-state index is 0.720. The Kier molecular flexibility index (Phi) is 5.98. The van der Waals surface area contributed by atoms with E-state index in [1.54, 1.807) is 0 Å². The third-order valence-electron chi connectivity index (χ3n) is 5.03. The first-order chi connectivity index (χ1) is 9.01. The molecule has 2 aliphatic rings. The first-order valence-corrected chi connectivity index (χ1v) is 9.94. The molecular formula is C16H31NS2. The van der Waals surface area contributed by atoms with Crippen molar-refractivity contribution in [1.29, 1.82) is 0 Å². The third-order valence-corrected chi connectivity index (χ3v) is 8.55. The molecule has 1 aliphatic carbocycles. The molecule has 112 valence electrons. The van der Waals surface area contributed by atoms with E-state index in [-0.39, 0.29) is 0 Å². The average Bonchev–Trinajstić information content (AvgIpc) is 2.33. The molecule has 1 saturated carbocycles. The van der Waals surface area contributed by atoms with Gasteiger partial charge >= 0.3 is 0 Å². The van der Waals surface area contributed by atoms with E-state index in [9.17, 15) is 0 Å². The van der Waals surface area contributed by atoms with Crippen molar-refractivity contribution in [2.45, 2.75) is 68.7 Å². The molecule has 1 saturated heterocycles. The molecule has 1 heterocycles. The predicted octanol–water partition coefficient (Wildman–Crippen LogP) is 4.27. The molecule has 6 unspecified atom stereocenters. The van der Waals surface area contributed by atoms with Gasteiger partial charge in [0.1, 0.15) is 0 Å². The lowest BCUT2D eigenvalue weighted by atomic mass is 9.73. The van der Waals surface area contributed by atoms with Crippen LogP contribution < -0.4 is 5.32 Å². The molecule has 3 heteroatoms. The molecule has 19 heavy (non-hydrogen) atoms. The van der Waals surface area contributed by atoms with E-state index in [2.05, 4.69) is 63.6 Å². The van der Waals surface area contributed by atoms with Crippen LogP contribution >= 0.6 is 23.5 Å². The van der Waals surface area contributed by atoms with Crippen LogP contribution in [0, 0.1) is 17.8 Å². The van der Waals surface area contributed by atoms with Gasteiger partial charge in [0, 0.05) is 27.5 Å². The van der Waals surface area contributed by atoms with Gasteiger partial charge in [-0.25, -0.2) is 0 Å². The molecule has 1 aliphatic heterocycles. The summed E-state index contributed by atoms with van der Waals surface area (Å²) >= 11 is 4.42. The summed E-state index contributed by atoms with van der Waals surface area (Å²) < 4.78 is 0. The molecule has 1 N–H and O–H groups in total. The summed E-state index contributed by atoms with van der Waals surface area (Å²) in [5.74, 6) is 4.06. The predicted molar refractivity (Wildman–Crippen MR) is 91.3 cm³/mol. The standard InChI is InChI=1S/C16H31NS2/c1-10-6-11(2)8-14(7-10)16(17-5)15-9-18-12(3)13(4)19-15/h10-17H,6-9H2,1-5H3. The Morgan fingerprint density at radius 3 is 2.11 bits per heavy atom. The summed E-state index contributed by atoms with van der Waals surface area (Å²) in [6.07, 6.45) is 4.30. The highest BCUT2D eigenvalue weighted by Crippen LogP contribution is 2.42. The molecule has 2 rings (SSSR count). The Labute approximate surface area is 128 Å². The van der Waals surface area contributed by atoms with E-state index < -0.39 is 0 Å². The van der Waals surface area contributed by atoms with Gasteiger partial charge in [0.25, 0.3) is 0 Å². The lowest BCUT2D eigenvalue weighted by Gasteiger charge is -2.42. The number of hydrogen-bond acceptors (Lipinski definition) is 3. The fourth-order valence-corrected chi connectivity index (χ4v) is 7.27. The van der Waals surface area contributed by atoms with Gasteiger partial charge in [0.15, 0.2) is 0 Å². The van der Waals surface area contributed by atoms with Crippen LogP contribution in [0.1, 0.15) is 47.0 Å². The van der Waals surface area contributed by atoms with E-state index in [0.29, 0.717) is 0 Å². The lowest BCUT2D eigenvalue weighted by Crippen LogP contribution is -2.48. The summed E-state index contributed by atoms with van der Waals surface area (Å²) in [5.41, 5.74) is 0. The van der Waals surface area contributed by atoms with Crippen molar-refractivity contribution in [3.05, 3.63) is 0 Å². The highest BCUT2D eigenvalue weighted by molar-refractivity contribution is 8.07. The van der Waals surface area contributed by atoms with E-state index in [0.717, 1.165) is 39.5 Å². The molecule has 0 spiro atoms. The van der Waals surface area contributed by atoms with Crippen LogP contribution in [0.5, 0.6) is 0 Å².